The van der Waals surface area contributed by atoms with Crippen molar-refractivity contribution in [1.29, 1.82) is 0 Å². The van der Waals surface area contributed by atoms with Gasteiger partial charge in [0.1, 0.15) is 6.29 Å². The summed E-state index contributed by atoms with van der Waals surface area (Å²) in [6.07, 6.45) is 4.61. The van der Waals surface area contributed by atoms with Crippen LogP contribution in [0, 0.1) is 17.8 Å². The zero-order valence-electron chi connectivity index (χ0n) is 20.2. The SMILES string of the molecule is NC(=C(COC1CC2CN(c3nc4ccc(C=O)cc4s3)C[C@@H]2C1)C(=O)C1CC1)c1c(Cl)cccc1Cl. The molecule has 1 saturated heterocycles. The van der Waals surface area contributed by atoms with E-state index in [1.54, 1.807) is 29.5 Å². The third kappa shape index (κ3) is 4.90. The summed E-state index contributed by atoms with van der Waals surface area (Å²) in [6.45, 7) is 2.05. The standard InChI is InChI=1S/C28H27Cl2N3O3S/c29-21-2-1-3-22(30)25(21)26(31)20(27(35)16-5-6-16)14-36-19-9-17-11-33(12-18(17)10-19)28-32-23-7-4-15(13-34)8-24(23)37-28/h1-4,7-8,13,16-19H,5-6,9-12,14,31H2/t17-,18?,19?/m0/s1. The van der Waals surface area contributed by atoms with E-state index in [2.05, 4.69) is 4.90 Å². The van der Waals surface area contributed by atoms with E-state index in [-0.39, 0.29) is 24.4 Å². The van der Waals surface area contributed by atoms with Crippen LogP contribution in [-0.2, 0) is 9.53 Å². The molecule has 1 aliphatic heterocycles. The van der Waals surface area contributed by atoms with Crippen LogP contribution in [0.15, 0.2) is 42.0 Å². The summed E-state index contributed by atoms with van der Waals surface area (Å²) in [5.41, 5.74) is 9.42. The molecule has 2 N–H and O–H groups in total. The summed E-state index contributed by atoms with van der Waals surface area (Å²) < 4.78 is 7.36. The highest BCUT2D eigenvalue weighted by molar-refractivity contribution is 7.22. The smallest absolute Gasteiger partial charge is 0.186 e. The number of carbonyl (C=O) groups is 2. The Morgan fingerprint density at radius 3 is 2.49 bits per heavy atom. The van der Waals surface area contributed by atoms with Crippen LogP contribution < -0.4 is 10.6 Å². The van der Waals surface area contributed by atoms with E-state index >= 15 is 0 Å². The van der Waals surface area contributed by atoms with E-state index in [9.17, 15) is 9.59 Å². The summed E-state index contributed by atoms with van der Waals surface area (Å²) in [6, 6.07) is 10.8. The second-order valence-electron chi connectivity index (χ2n) is 10.3. The van der Waals surface area contributed by atoms with Crippen molar-refractivity contribution in [2.45, 2.75) is 31.8 Å². The zero-order chi connectivity index (χ0) is 25.7. The van der Waals surface area contributed by atoms with Crippen molar-refractivity contribution >= 4 is 67.7 Å². The number of halogens is 2. The third-order valence-electron chi connectivity index (χ3n) is 7.78. The lowest BCUT2D eigenvalue weighted by Gasteiger charge is -2.20. The summed E-state index contributed by atoms with van der Waals surface area (Å²) >= 11 is 14.4. The molecule has 0 bridgehead atoms. The Kier molecular flexibility index (Phi) is 6.74. The second-order valence-corrected chi connectivity index (χ2v) is 12.1. The molecule has 2 saturated carbocycles. The largest absolute Gasteiger partial charge is 0.398 e. The molecular formula is C28H27Cl2N3O3S. The van der Waals surface area contributed by atoms with Gasteiger partial charge in [-0.3, -0.25) is 9.59 Å². The Labute approximate surface area is 229 Å². The van der Waals surface area contributed by atoms with Crippen molar-refractivity contribution in [3.8, 4) is 0 Å². The second kappa shape index (κ2) is 10.0. The fraction of sp³-hybridized carbons (Fsp3) is 0.393. The number of aldehydes is 1. The summed E-state index contributed by atoms with van der Waals surface area (Å²) in [4.78, 5) is 31.4. The van der Waals surface area contributed by atoms with Gasteiger partial charge in [-0.1, -0.05) is 40.6 Å². The van der Waals surface area contributed by atoms with Crippen LogP contribution in [0.2, 0.25) is 10.0 Å². The summed E-state index contributed by atoms with van der Waals surface area (Å²) in [5.74, 6) is 1.10. The fourth-order valence-electron chi connectivity index (χ4n) is 5.65. The Morgan fingerprint density at radius 1 is 1.14 bits per heavy atom. The molecule has 1 aromatic heterocycles. The van der Waals surface area contributed by atoms with Crippen LogP contribution >= 0.6 is 34.5 Å². The van der Waals surface area contributed by atoms with Gasteiger partial charge in [-0.15, -0.1) is 0 Å². The van der Waals surface area contributed by atoms with Crippen molar-refractivity contribution in [3.05, 3.63) is 63.1 Å². The van der Waals surface area contributed by atoms with Gasteiger partial charge in [0.2, 0.25) is 0 Å². The quantitative estimate of drug-likeness (QED) is 0.271. The minimum atomic E-state index is 0.0198. The Hall–Kier alpha value is -2.45. The highest BCUT2D eigenvalue weighted by atomic mass is 35.5. The molecule has 9 heteroatoms. The molecular weight excluding hydrogens is 529 g/mol. The maximum absolute atomic E-state index is 13.1. The molecule has 6 nitrogen and oxygen atoms in total. The first-order valence-corrected chi connectivity index (χ1v) is 14.2. The number of hydrogen-bond acceptors (Lipinski definition) is 7. The number of carbonyl (C=O) groups excluding carboxylic acids is 2. The Balaban J connectivity index is 1.13. The molecule has 2 aromatic carbocycles. The molecule has 3 fully saturated rings. The van der Waals surface area contributed by atoms with E-state index in [0.717, 1.165) is 60.4 Å². The summed E-state index contributed by atoms with van der Waals surface area (Å²) in [7, 11) is 0. The molecule has 3 aliphatic rings. The van der Waals surface area contributed by atoms with Crippen molar-refractivity contribution in [2.75, 3.05) is 24.6 Å². The highest BCUT2D eigenvalue weighted by Crippen LogP contribution is 2.43. The predicted octanol–water partition coefficient (Wildman–Crippen LogP) is 6.00. The number of thiazole rings is 1. The molecule has 3 aromatic rings. The van der Waals surface area contributed by atoms with Gasteiger partial charge in [0.15, 0.2) is 10.9 Å². The topological polar surface area (TPSA) is 85.5 Å². The average Bonchev–Trinajstić information content (AvgIpc) is 3.36. The number of fused-ring (bicyclic) bond motifs is 2. The van der Waals surface area contributed by atoms with Crippen LogP contribution in [0.25, 0.3) is 15.9 Å². The number of nitrogens with two attached hydrogens (primary N) is 1. The summed E-state index contributed by atoms with van der Waals surface area (Å²) in [5, 5.41) is 1.87. The van der Waals surface area contributed by atoms with Gasteiger partial charge in [0.25, 0.3) is 0 Å². The van der Waals surface area contributed by atoms with Crippen LogP contribution in [0.5, 0.6) is 0 Å². The Bertz CT molecular complexity index is 1380. The van der Waals surface area contributed by atoms with Gasteiger partial charge in [-0.05, 0) is 67.9 Å². The van der Waals surface area contributed by atoms with Crippen LogP contribution in [0.3, 0.4) is 0 Å². The Morgan fingerprint density at radius 2 is 1.84 bits per heavy atom. The molecule has 2 unspecified atom stereocenters. The third-order valence-corrected chi connectivity index (χ3v) is 9.49. The van der Waals surface area contributed by atoms with Crippen molar-refractivity contribution in [2.24, 2.45) is 23.5 Å². The molecule has 2 aliphatic carbocycles. The number of hydrogen-bond donors (Lipinski definition) is 1. The van der Waals surface area contributed by atoms with Crippen molar-refractivity contribution < 1.29 is 14.3 Å². The molecule has 37 heavy (non-hydrogen) atoms. The normalized spacial score (nSPS) is 23.8. The lowest BCUT2D eigenvalue weighted by atomic mass is 10.0. The number of ketones is 1. The number of rotatable bonds is 8. The first kappa shape index (κ1) is 24.9. The van der Waals surface area contributed by atoms with Crippen LogP contribution in [0.1, 0.15) is 41.6 Å². The number of nitrogens with zero attached hydrogens (tertiary/aromatic N) is 2. The number of anilines is 1. The lowest BCUT2D eigenvalue weighted by Crippen LogP contribution is -2.24. The van der Waals surface area contributed by atoms with Crippen molar-refractivity contribution in [1.82, 2.24) is 4.98 Å². The zero-order valence-corrected chi connectivity index (χ0v) is 22.5. The van der Waals surface area contributed by atoms with Gasteiger partial charge >= 0.3 is 0 Å². The maximum Gasteiger partial charge on any atom is 0.186 e. The highest BCUT2D eigenvalue weighted by Gasteiger charge is 2.42. The fourth-order valence-corrected chi connectivity index (χ4v) is 7.29. The monoisotopic (exact) mass is 555 g/mol. The number of ether oxygens (including phenoxy) is 1. The van der Waals surface area contributed by atoms with E-state index in [1.807, 2.05) is 18.2 Å². The minimum absolute atomic E-state index is 0.0198. The van der Waals surface area contributed by atoms with E-state index in [1.165, 1.54) is 0 Å². The van der Waals surface area contributed by atoms with Gasteiger partial charge in [0, 0.05) is 35.7 Å². The molecule has 0 spiro atoms. The van der Waals surface area contributed by atoms with Crippen LogP contribution in [-0.4, -0.2) is 42.9 Å². The molecule has 192 valence electrons. The van der Waals surface area contributed by atoms with E-state index in [0.29, 0.717) is 44.3 Å². The van der Waals surface area contributed by atoms with Gasteiger partial charge < -0.3 is 15.4 Å². The molecule has 2 heterocycles. The number of Topliss-reactive ketones (excluding diaryl/α,β-unsaturated/α-hetero) is 1. The lowest BCUT2D eigenvalue weighted by molar-refractivity contribution is -0.117. The average molecular weight is 557 g/mol. The first-order chi connectivity index (χ1) is 17.9. The van der Waals surface area contributed by atoms with Crippen molar-refractivity contribution in [3.63, 3.8) is 0 Å². The van der Waals surface area contributed by atoms with Gasteiger partial charge in [0.05, 0.1) is 38.7 Å². The number of benzene rings is 2. The molecule has 3 atom stereocenters. The minimum Gasteiger partial charge on any atom is -0.398 e. The molecule has 0 amide bonds. The van der Waals surface area contributed by atoms with Gasteiger partial charge in [-0.25, -0.2) is 4.98 Å². The van der Waals surface area contributed by atoms with E-state index < -0.39 is 0 Å². The molecule has 0 radical (unpaired) electrons. The maximum atomic E-state index is 13.1. The molecule has 6 rings (SSSR count). The first-order valence-electron chi connectivity index (χ1n) is 12.6. The van der Waals surface area contributed by atoms with Gasteiger partial charge in [-0.2, -0.15) is 0 Å². The van der Waals surface area contributed by atoms with E-state index in [4.69, 9.17) is 38.7 Å². The predicted molar refractivity (Wildman–Crippen MR) is 148 cm³/mol. The number of aromatic nitrogens is 1. The van der Waals surface area contributed by atoms with Crippen LogP contribution in [0.4, 0.5) is 5.13 Å².